The minimum atomic E-state index is -3.57. The molecule has 0 atom stereocenters. The van der Waals surface area contributed by atoms with Crippen molar-refractivity contribution in [1.82, 2.24) is 9.62 Å². The fraction of sp³-hybridized carbons (Fsp3) is 0.278. The van der Waals surface area contributed by atoms with E-state index >= 15 is 0 Å². The number of nitrogens with zero attached hydrogens (tertiary/aromatic N) is 2. The smallest absolute Gasteiger partial charge is 0.258 e. The molecule has 0 unspecified atom stereocenters. The predicted molar refractivity (Wildman–Crippen MR) is 99.4 cm³/mol. The molecule has 0 aliphatic rings. The summed E-state index contributed by atoms with van der Waals surface area (Å²) in [5.74, 6) is -0.198. The van der Waals surface area contributed by atoms with Crippen molar-refractivity contribution in [3.63, 3.8) is 0 Å². The second-order valence-electron chi connectivity index (χ2n) is 5.93. The van der Waals surface area contributed by atoms with E-state index in [1.54, 1.807) is 7.05 Å². The highest BCUT2D eigenvalue weighted by Crippen LogP contribution is 2.16. The van der Waals surface area contributed by atoms with Gasteiger partial charge in [-0.3, -0.25) is 4.79 Å². The van der Waals surface area contributed by atoms with E-state index < -0.39 is 10.0 Å². The fourth-order valence-electron chi connectivity index (χ4n) is 2.23. The molecule has 2 aromatic rings. The summed E-state index contributed by atoms with van der Waals surface area (Å²) in [4.78, 5) is 16.1. The number of amides is 1. The largest absolute Gasteiger partial charge is 0.311 e. The van der Waals surface area contributed by atoms with Crippen LogP contribution in [0.25, 0.3) is 0 Å². The number of carbonyl (C=O) groups excluding carboxylic acids is 1. The Kier molecular flexibility index (Phi) is 6.30. The van der Waals surface area contributed by atoms with Gasteiger partial charge in [-0.05, 0) is 50.5 Å². The number of anilines is 1. The average molecular weight is 361 g/mol. The molecule has 0 aliphatic heterocycles. The third kappa shape index (κ3) is 5.12. The standard InChI is InChI=1S/C18H23N3O3S/c1-20(2)14-13-19-25(23,24)17-11-9-15(10-12-17)18(22)21(3)16-7-5-4-6-8-16/h4-12,19H,13-14H2,1-3H3. The molecule has 1 N–H and O–H groups in total. The minimum absolute atomic E-state index is 0.144. The second kappa shape index (κ2) is 8.24. The maximum Gasteiger partial charge on any atom is 0.258 e. The maximum atomic E-state index is 12.5. The zero-order chi connectivity index (χ0) is 18.4. The van der Waals surface area contributed by atoms with E-state index in [-0.39, 0.29) is 10.8 Å². The van der Waals surface area contributed by atoms with Crippen molar-refractivity contribution in [2.24, 2.45) is 0 Å². The second-order valence-corrected chi connectivity index (χ2v) is 7.69. The first-order valence-electron chi connectivity index (χ1n) is 7.89. The molecule has 2 aromatic carbocycles. The van der Waals surface area contributed by atoms with E-state index in [4.69, 9.17) is 0 Å². The first-order chi connectivity index (χ1) is 11.8. The number of carbonyl (C=O) groups is 1. The molecule has 134 valence electrons. The molecule has 0 aromatic heterocycles. The molecule has 2 rings (SSSR count). The van der Waals surface area contributed by atoms with E-state index in [9.17, 15) is 13.2 Å². The molecule has 0 fully saturated rings. The van der Waals surface area contributed by atoms with Crippen molar-refractivity contribution in [3.05, 3.63) is 60.2 Å². The number of sulfonamides is 1. The van der Waals surface area contributed by atoms with Gasteiger partial charge in [0.05, 0.1) is 4.90 Å². The number of hydrogen-bond donors (Lipinski definition) is 1. The van der Waals surface area contributed by atoms with Crippen LogP contribution in [0.5, 0.6) is 0 Å². The van der Waals surface area contributed by atoms with Crippen molar-refractivity contribution in [2.75, 3.05) is 39.1 Å². The molecule has 0 heterocycles. The molecule has 0 bridgehead atoms. The summed E-state index contributed by atoms with van der Waals surface area (Å²) < 4.78 is 27.0. The summed E-state index contributed by atoms with van der Waals surface area (Å²) in [6.45, 7) is 0.935. The van der Waals surface area contributed by atoms with E-state index in [1.165, 1.54) is 29.2 Å². The van der Waals surface area contributed by atoms with Crippen LogP contribution in [0, 0.1) is 0 Å². The van der Waals surface area contributed by atoms with Gasteiger partial charge < -0.3 is 9.80 Å². The van der Waals surface area contributed by atoms with E-state index in [0.717, 1.165) is 5.69 Å². The van der Waals surface area contributed by atoms with Gasteiger partial charge in [-0.1, -0.05) is 18.2 Å². The number of para-hydroxylation sites is 1. The number of hydrogen-bond acceptors (Lipinski definition) is 4. The van der Waals surface area contributed by atoms with Gasteiger partial charge in [0.1, 0.15) is 0 Å². The molecule has 1 amide bonds. The lowest BCUT2D eigenvalue weighted by molar-refractivity contribution is 0.0993. The van der Waals surface area contributed by atoms with Crippen LogP contribution in [-0.2, 0) is 10.0 Å². The maximum absolute atomic E-state index is 12.5. The lowest BCUT2D eigenvalue weighted by atomic mass is 10.2. The minimum Gasteiger partial charge on any atom is -0.311 e. The molecule has 0 saturated heterocycles. The molecular formula is C18H23N3O3S. The highest BCUT2D eigenvalue weighted by Gasteiger charge is 2.17. The summed E-state index contributed by atoms with van der Waals surface area (Å²) >= 11 is 0. The Morgan fingerprint density at radius 1 is 0.960 bits per heavy atom. The van der Waals surface area contributed by atoms with Crippen molar-refractivity contribution < 1.29 is 13.2 Å². The Morgan fingerprint density at radius 3 is 2.12 bits per heavy atom. The number of nitrogens with one attached hydrogen (secondary N) is 1. The number of benzene rings is 2. The summed E-state index contributed by atoms with van der Waals surface area (Å²) in [6.07, 6.45) is 0. The zero-order valence-electron chi connectivity index (χ0n) is 14.6. The van der Waals surface area contributed by atoms with E-state index in [0.29, 0.717) is 18.7 Å². The van der Waals surface area contributed by atoms with Crippen molar-refractivity contribution in [3.8, 4) is 0 Å². The fourth-order valence-corrected chi connectivity index (χ4v) is 3.25. The van der Waals surface area contributed by atoms with Crippen molar-refractivity contribution in [2.45, 2.75) is 4.90 Å². The van der Waals surface area contributed by atoms with Crippen LogP contribution in [0.1, 0.15) is 10.4 Å². The molecule has 25 heavy (non-hydrogen) atoms. The quantitative estimate of drug-likeness (QED) is 0.816. The Bertz CT molecular complexity index is 803. The molecular weight excluding hydrogens is 338 g/mol. The van der Waals surface area contributed by atoms with Crippen LogP contribution in [0.3, 0.4) is 0 Å². The van der Waals surface area contributed by atoms with Gasteiger partial charge in [0.2, 0.25) is 10.0 Å². The number of likely N-dealkylation sites (N-methyl/N-ethyl adjacent to an activating group) is 1. The van der Waals surface area contributed by atoms with Gasteiger partial charge in [-0.2, -0.15) is 0 Å². The zero-order valence-corrected chi connectivity index (χ0v) is 15.5. The first-order valence-corrected chi connectivity index (χ1v) is 9.37. The van der Waals surface area contributed by atoms with Crippen LogP contribution < -0.4 is 9.62 Å². The van der Waals surface area contributed by atoms with Crippen LogP contribution in [0.15, 0.2) is 59.5 Å². The lowest BCUT2D eigenvalue weighted by Crippen LogP contribution is -2.31. The molecule has 0 spiro atoms. The summed E-state index contributed by atoms with van der Waals surface area (Å²) in [5, 5.41) is 0. The van der Waals surface area contributed by atoms with Gasteiger partial charge in [-0.25, -0.2) is 13.1 Å². The molecule has 0 saturated carbocycles. The average Bonchev–Trinajstić information content (AvgIpc) is 2.61. The third-order valence-electron chi connectivity index (χ3n) is 3.71. The molecule has 7 heteroatoms. The van der Waals surface area contributed by atoms with Gasteiger partial charge in [0.15, 0.2) is 0 Å². The monoisotopic (exact) mass is 361 g/mol. The van der Waals surface area contributed by atoms with Gasteiger partial charge in [-0.15, -0.1) is 0 Å². The van der Waals surface area contributed by atoms with E-state index in [2.05, 4.69) is 4.72 Å². The number of rotatable bonds is 7. The Morgan fingerprint density at radius 2 is 1.56 bits per heavy atom. The summed E-state index contributed by atoms with van der Waals surface area (Å²) in [5.41, 5.74) is 1.20. The lowest BCUT2D eigenvalue weighted by Gasteiger charge is -2.17. The van der Waals surface area contributed by atoms with E-state index in [1.807, 2.05) is 49.3 Å². The summed E-state index contributed by atoms with van der Waals surface area (Å²) in [7, 11) is 1.86. The van der Waals surface area contributed by atoms with Crippen molar-refractivity contribution >= 4 is 21.6 Å². The SMILES string of the molecule is CN(C)CCNS(=O)(=O)c1ccc(C(=O)N(C)c2ccccc2)cc1. The van der Waals surface area contributed by atoms with Crippen LogP contribution in [0.4, 0.5) is 5.69 Å². The van der Waals surface area contributed by atoms with Crippen LogP contribution >= 0.6 is 0 Å². The van der Waals surface area contributed by atoms with Crippen molar-refractivity contribution in [1.29, 1.82) is 0 Å². The molecule has 0 radical (unpaired) electrons. The third-order valence-corrected chi connectivity index (χ3v) is 5.19. The Balaban J connectivity index is 2.10. The van der Waals surface area contributed by atoms with Crippen LogP contribution in [0.2, 0.25) is 0 Å². The molecule has 6 nitrogen and oxygen atoms in total. The Labute approximate surface area is 149 Å². The first kappa shape index (κ1) is 19.1. The topological polar surface area (TPSA) is 69.7 Å². The summed E-state index contributed by atoms with van der Waals surface area (Å²) in [6, 6.07) is 15.2. The van der Waals surface area contributed by atoms with Crippen LogP contribution in [-0.4, -0.2) is 53.5 Å². The van der Waals surface area contributed by atoms with Gasteiger partial charge in [0.25, 0.3) is 5.91 Å². The highest BCUT2D eigenvalue weighted by atomic mass is 32.2. The van der Waals surface area contributed by atoms with Gasteiger partial charge >= 0.3 is 0 Å². The Hall–Kier alpha value is -2.22. The van der Waals surface area contributed by atoms with Gasteiger partial charge in [0, 0.05) is 31.4 Å². The highest BCUT2D eigenvalue weighted by molar-refractivity contribution is 7.89. The molecule has 0 aliphatic carbocycles. The normalized spacial score (nSPS) is 11.5. The predicted octanol–water partition coefficient (Wildman–Crippen LogP) is 1.80.